The maximum atomic E-state index is 12.4. The Morgan fingerprint density at radius 1 is 1.40 bits per heavy atom. The molecule has 20 heavy (non-hydrogen) atoms. The molecular weight excluding hydrogens is 254 g/mol. The highest BCUT2D eigenvalue weighted by Crippen LogP contribution is 2.19. The highest BCUT2D eigenvalue weighted by Gasteiger charge is 2.15. The van der Waals surface area contributed by atoms with Crippen molar-refractivity contribution in [2.24, 2.45) is 0 Å². The molecule has 0 fully saturated rings. The van der Waals surface area contributed by atoms with Gasteiger partial charge in [0, 0.05) is 25.5 Å². The van der Waals surface area contributed by atoms with Crippen LogP contribution in [0, 0.1) is 0 Å². The van der Waals surface area contributed by atoms with Crippen molar-refractivity contribution in [2.45, 2.75) is 26.3 Å². The minimum atomic E-state index is -0.384. The molecule has 0 radical (unpaired) electrons. The summed E-state index contributed by atoms with van der Waals surface area (Å²) < 4.78 is 1.93. The molecule has 1 amide bonds. The molecule has 2 aromatic rings. The van der Waals surface area contributed by atoms with Gasteiger partial charge in [0.05, 0.1) is 10.9 Å². The molecule has 0 aliphatic heterocycles. The molecule has 1 heterocycles. The molecule has 106 valence electrons. The highest BCUT2D eigenvalue weighted by molar-refractivity contribution is 5.99. The van der Waals surface area contributed by atoms with Gasteiger partial charge >= 0.3 is 0 Å². The fourth-order valence-corrected chi connectivity index (χ4v) is 2.27. The van der Waals surface area contributed by atoms with Crippen molar-refractivity contribution in [3.8, 4) is 0 Å². The second-order valence-corrected chi connectivity index (χ2v) is 4.74. The molecule has 0 saturated heterocycles. The number of rotatable bonds is 4. The van der Waals surface area contributed by atoms with Crippen LogP contribution in [0.4, 0.5) is 5.69 Å². The fourth-order valence-electron chi connectivity index (χ4n) is 2.27. The Morgan fingerprint density at radius 2 is 2.15 bits per heavy atom. The number of nitrogens with one attached hydrogen (secondary N) is 1. The van der Waals surface area contributed by atoms with Crippen molar-refractivity contribution in [3.05, 3.63) is 40.2 Å². The summed E-state index contributed by atoms with van der Waals surface area (Å²) >= 11 is 0. The minimum Gasteiger partial charge on any atom is -0.398 e. The van der Waals surface area contributed by atoms with Gasteiger partial charge in [-0.15, -0.1) is 0 Å². The van der Waals surface area contributed by atoms with E-state index in [1.54, 1.807) is 12.3 Å². The molecule has 0 atom stereocenters. The molecule has 0 aliphatic carbocycles. The van der Waals surface area contributed by atoms with Crippen LogP contribution < -0.4 is 16.5 Å². The summed E-state index contributed by atoms with van der Waals surface area (Å²) in [5, 5.41) is 2.92. The van der Waals surface area contributed by atoms with Gasteiger partial charge in [-0.2, -0.15) is 0 Å². The lowest BCUT2D eigenvalue weighted by Crippen LogP contribution is -2.27. The Morgan fingerprint density at radius 3 is 2.80 bits per heavy atom. The van der Waals surface area contributed by atoms with Gasteiger partial charge in [0.25, 0.3) is 5.91 Å². The lowest BCUT2D eigenvalue weighted by Gasteiger charge is -2.13. The lowest BCUT2D eigenvalue weighted by molar-refractivity contribution is 0.0961. The van der Waals surface area contributed by atoms with Crippen LogP contribution in [-0.2, 0) is 6.54 Å². The summed E-state index contributed by atoms with van der Waals surface area (Å²) in [6, 6.07) is 5.36. The number of anilines is 1. The number of aryl methyl sites for hydroxylation is 1. The zero-order chi connectivity index (χ0) is 14.7. The van der Waals surface area contributed by atoms with Gasteiger partial charge in [-0.25, -0.2) is 0 Å². The van der Waals surface area contributed by atoms with Crippen molar-refractivity contribution >= 4 is 22.5 Å². The Balaban J connectivity index is 2.77. The first-order valence-electron chi connectivity index (χ1n) is 6.73. The molecule has 1 aromatic carbocycles. The largest absolute Gasteiger partial charge is 0.398 e. The van der Waals surface area contributed by atoms with E-state index in [0.29, 0.717) is 11.1 Å². The van der Waals surface area contributed by atoms with Crippen molar-refractivity contribution in [3.63, 3.8) is 0 Å². The Bertz CT molecular complexity index is 704. The third-order valence-electron chi connectivity index (χ3n) is 3.37. The van der Waals surface area contributed by atoms with E-state index in [9.17, 15) is 9.59 Å². The molecule has 0 bridgehead atoms. The van der Waals surface area contributed by atoms with Crippen LogP contribution in [-0.4, -0.2) is 17.5 Å². The third kappa shape index (κ3) is 2.39. The van der Waals surface area contributed by atoms with Crippen LogP contribution in [0.25, 0.3) is 10.9 Å². The number of aromatic nitrogens is 1. The average molecular weight is 273 g/mol. The summed E-state index contributed by atoms with van der Waals surface area (Å²) in [6.07, 6.45) is 3.63. The summed E-state index contributed by atoms with van der Waals surface area (Å²) in [4.78, 5) is 24.3. The monoisotopic (exact) mass is 273 g/mol. The van der Waals surface area contributed by atoms with E-state index in [1.807, 2.05) is 16.7 Å². The quantitative estimate of drug-likeness (QED) is 0.833. The topological polar surface area (TPSA) is 77.1 Å². The number of carbonyl (C=O) groups is 1. The number of nitrogen functional groups attached to an aromatic ring is 1. The number of nitrogens with zero attached hydrogens (tertiary/aromatic N) is 1. The number of hydrogen-bond acceptors (Lipinski definition) is 3. The van der Waals surface area contributed by atoms with Crippen molar-refractivity contribution in [1.29, 1.82) is 0 Å². The van der Waals surface area contributed by atoms with Crippen LogP contribution >= 0.6 is 0 Å². The molecule has 0 unspecified atom stereocenters. The summed E-state index contributed by atoms with van der Waals surface area (Å²) in [6.45, 7) is 2.85. The predicted molar refractivity (Wildman–Crippen MR) is 80.9 cm³/mol. The van der Waals surface area contributed by atoms with Crippen LogP contribution in [0.3, 0.4) is 0 Å². The first-order chi connectivity index (χ1) is 9.60. The third-order valence-corrected chi connectivity index (χ3v) is 3.37. The van der Waals surface area contributed by atoms with Gasteiger partial charge in [0.2, 0.25) is 5.43 Å². The number of benzene rings is 1. The van der Waals surface area contributed by atoms with E-state index in [2.05, 4.69) is 12.2 Å². The second kappa shape index (κ2) is 5.77. The molecule has 0 aliphatic rings. The number of nitrogens with two attached hydrogens (primary N) is 1. The van der Waals surface area contributed by atoms with Crippen LogP contribution in [0.1, 0.15) is 30.1 Å². The van der Waals surface area contributed by atoms with Gasteiger partial charge in [-0.1, -0.05) is 19.4 Å². The normalized spacial score (nSPS) is 10.7. The fraction of sp³-hybridized carbons (Fsp3) is 0.333. The minimum absolute atomic E-state index is 0.133. The zero-order valence-corrected chi connectivity index (χ0v) is 11.8. The molecule has 0 saturated carbocycles. The number of carbonyl (C=O) groups excluding carboxylic acids is 1. The SMILES string of the molecule is CCCCn1cc(C(=O)NC)c(=O)c2c(N)cccc21. The average Bonchev–Trinajstić information content (AvgIpc) is 2.45. The number of pyridine rings is 1. The zero-order valence-electron chi connectivity index (χ0n) is 11.8. The van der Waals surface area contributed by atoms with Gasteiger partial charge < -0.3 is 15.6 Å². The molecule has 0 spiro atoms. The highest BCUT2D eigenvalue weighted by atomic mass is 16.2. The number of amides is 1. The van der Waals surface area contributed by atoms with Crippen molar-refractivity contribution in [1.82, 2.24) is 9.88 Å². The number of unbranched alkanes of at least 4 members (excludes halogenated alkanes) is 1. The van der Waals surface area contributed by atoms with E-state index < -0.39 is 0 Å². The number of fused-ring (bicyclic) bond motifs is 1. The molecule has 3 N–H and O–H groups in total. The van der Waals surface area contributed by atoms with Gasteiger partial charge in [0.1, 0.15) is 5.56 Å². The summed E-state index contributed by atoms with van der Waals surface area (Å²) in [5.41, 5.74) is 6.92. The van der Waals surface area contributed by atoms with Gasteiger partial charge in [-0.05, 0) is 18.6 Å². The van der Waals surface area contributed by atoms with E-state index in [-0.39, 0.29) is 16.9 Å². The first kappa shape index (κ1) is 14.1. The summed E-state index contributed by atoms with van der Waals surface area (Å²) in [5.74, 6) is -0.384. The standard InChI is InChI=1S/C15H19N3O2/c1-3-4-8-18-9-10(15(20)17-2)14(19)13-11(16)6-5-7-12(13)18/h5-7,9H,3-4,8,16H2,1-2H3,(H,17,20). The first-order valence-corrected chi connectivity index (χ1v) is 6.73. The predicted octanol–water partition coefficient (Wildman–Crippen LogP) is 1.74. The molecule has 5 heteroatoms. The Kier molecular flexibility index (Phi) is 4.08. The van der Waals surface area contributed by atoms with Gasteiger partial charge in [0.15, 0.2) is 0 Å². The lowest BCUT2D eigenvalue weighted by atomic mass is 10.1. The Labute approximate surface area is 117 Å². The van der Waals surface area contributed by atoms with E-state index in [1.165, 1.54) is 7.05 Å². The summed E-state index contributed by atoms with van der Waals surface area (Å²) in [7, 11) is 1.51. The van der Waals surface area contributed by atoms with Crippen LogP contribution in [0.15, 0.2) is 29.2 Å². The maximum absolute atomic E-state index is 12.4. The van der Waals surface area contributed by atoms with Gasteiger partial charge in [-0.3, -0.25) is 9.59 Å². The van der Waals surface area contributed by atoms with E-state index in [4.69, 9.17) is 5.73 Å². The second-order valence-electron chi connectivity index (χ2n) is 4.74. The number of hydrogen-bond donors (Lipinski definition) is 2. The van der Waals surface area contributed by atoms with Crippen molar-refractivity contribution in [2.75, 3.05) is 12.8 Å². The molecule has 2 rings (SSSR count). The molecule has 5 nitrogen and oxygen atoms in total. The van der Waals surface area contributed by atoms with Crippen LogP contribution in [0.2, 0.25) is 0 Å². The van der Waals surface area contributed by atoms with E-state index in [0.717, 1.165) is 24.9 Å². The molecule has 1 aromatic heterocycles. The van der Waals surface area contributed by atoms with E-state index >= 15 is 0 Å². The van der Waals surface area contributed by atoms with Crippen molar-refractivity contribution < 1.29 is 4.79 Å². The maximum Gasteiger partial charge on any atom is 0.256 e. The smallest absolute Gasteiger partial charge is 0.256 e. The Hall–Kier alpha value is -2.30. The molecular formula is C15H19N3O2. The van der Waals surface area contributed by atoms with Crippen LogP contribution in [0.5, 0.6) is 0 Å².